The van der Waals surface area contributed by atoms with Crippen LogP contribution in [-0.4, -0.2) is 59.9 Å². The molecule has 10 heteroatoms. The van der Waals surface area contributed by atoms with Crippen LogP contribution in [-0.2, 0) is 9.53 Å². The summed E-state index contributed by atoms with van der Waals surface area (Å²) in [6.07, 6.45) is 4.69. The van der Waals surface area contributed by atoms with Gasteiger partial charge in [0.15, 0.2) is 5.60 Å². The Bertz CT molecular complexity index is 1310. The number of hydrogen-bond acceptors (Lipinski definition) is 8. The van der Waals surface area contributed by atoms with Gasteiger partial charge >= 0.3 is 0 Å². The quantitative estimate of drug-likeness (QED) is 0.343. The molecule has 0 radical (unpaired) electrons. The Hall–Kier alpha value is -4.46. The summed E-state index contributed by atoms with van der Waals surface area (Å²) in [5.41, 5.74) is 6.52. The van der Waals surface area contributed by atoms with Gasteiger partial charge < -0.3 is 30.0 Å². The Morgan fingerprint density at radius 3 is 2.61 bits per heavy atom. The van der Waals surface area contributed by atoms with Gasteiger partial charge in [-0.25, -0.2) is 0 Å². The van der Waals surface area contributed by atoms with Crippen LogP contribution in [0, 0.1) is 18.8 Å². The maximum Gasteiger partial charge on any atom is 0.267 e. The average Bonchev–Trinajstić information content (AvgIpc) is 2.91. The number of amides is 2. The van der Waals surface area contributed by atoms with E-state index < -0.39 is 11.5 Å². The van der Waals surface area contributed by atoms with E-state index in [9.17, 15) is 14.7 Å². The molecule has 2 amide bonds. The summed E-state index contributed by atoms with van der Waals surface area (Å²) in [6.45, 7) is 4.96. The molecule has 0 unspecified atom stereocenters. The van der Waals surface area contributed by atoms with Crippen molar-refractivity contribution >= 4 is 18.0 Å². The molecule has 3 heterocycles. The molecule has 1 aliphatic heterocycles. The second-order valence-corrected chi connectivity index (χ2v) is 8.50. The number of nitrogens with two attached hydrogens (primary N) is 1. The Kier molecular flexibility index (Phi) is 9.76. The van der Waals surface area contributed by atoms with Crippen molar-refractivity contribution in [2.75, 3.05) is 31.8 Å². The van der Waals surface area contributed by atoms with E-state index in [4.69, 9.17) is 19.9 Å². The highest BCUT2D eigenvalue weighted by molar-refractivity contribution is 5.91. The lowest BCUT2D eigenvalue weighted by Crippen LogP contribution is -2.48. The van der Waals surface area contributed by atoms with Crippen molar-refractivity contribution in [3.05, 3.63) is 71.8 Å². The van der Waals surface area contributed by atoms with E-state index in [1.807, 2.05) is 26.0 Å². The highest BCUT2D eigenvalue weighted by Gasteiger charge is 2.33. The number of aryl methyl sites for hydroxylation is 1. The van der Waals surface area contributed by atoms with E-state index in [1.165, 1.54) is 17.2 Å². The van der Waals surface area contributed by atoms with Crippen LogP contribution in [0.5, 0.6) is 17.2 Å². The van der Waals surface area contributed by atoms with Crippen molar-refractivity contribution in [2.45, 2.75) is 25.9 Å². The average molecular weight is 519 g/mol. The second kappa shape index (κ2) is 13.2. The minimum absolute atomic E-state index is 0.169. The molecule has 4 rings (SSSR count). The number of aromatic nitrogens is 2. The lowest BCUT2D eigenvalue weighted by Gasteiger charge is -2.30. The second-order valence-electron chi connectivity index (χ2n) is 8.50. The highest BCUT2D eigenvalue weighted by Crippen LogP contribution is 2.28. The van der Waals surface area contributed by atoms with Crippen molar-refractivity contribution < 1.29 is 28.9 Å². The van der Waals surface area contributed by atoms with Gasteiger partial charge in [-0.2, -0.15) is 0 Å². The molecule has 3 aromatic rings. The minimum Gasteiger partial charge on any atom is -0.491 e. The van der Waals surface area contributed by atoms with E-state index in [2.05, 4.69) is 21.8 Å². The summed E-state index contributed by atoms with van der Waals surface area (Å²) in [4.78, 5) is 31.3. The van der Waals surface area contributed by atoms with E-state index in [0.29, 0.717) is 35.1 Å². The molecule has 10 nitrogen and oxygen atoms in total. The number of carbonyl (C=O) groups excluding carboxylic acids is 2. The molecular weight excluding hydrogens is 488 g/mol. The molecule has 1 saturated heterocycles. The number of rotatable bonds is 8. The first-order valence-electron chi connectivity index (χ1n) is 11.9. The number of nitrogens with zero attached hydrogens (tertiary/aromatic N) is 3. The fourth-order valence-corrected chi connectivity index (χ4v) is 3.08. The molecule has 0 spiro atoms. The van der Waals surface area contributed by atoms with Gasteiger partial charge in [0, 0.05) is 30.6 Å². The number of ether oxygens (including phenoxy) is 3. The van der Waals surface area contributed by atoms with Crippen molar-refractivity contribution in [2.24, 2.45) is 5.73 Å². The molecular formula is C28H30N4O6. The third-order valence-corrected chi connectivity index (χ3v) is 5.18. The number of pyridine rings is 2. The first-order valence-corrected chi connectivity index (χ1v) is 11.9. The SMILES string of the molecule is CCCOc1ccc(C#CC2(O)COC2)cc1N(C)C=O.Cc1ccc(Oc2ccnc(C(N)=O)c2)cn1. The molecule has 38 heavy (non-hydrogen) atoms. The number of aliphatic hydroxyl groups is 1. The number of hydrogen-bond donors (Lipinski definition) is 2. The van der Waals surface area contributed by atoms with E-state index >= 15 is 0 Å². The van der Waals surface area contributed by atoms with Crippen molar-refractivity contribution in [1.29, 1.82) is 0 Å². The molecule has 1 aromatic carbocycles. The number of benzene rings is 1. The van der Waals surface area contributed by atoms with Gasteiger partial charge in [0.25, 0.3) is 5.91 Å². The predicted molar refractivity (Wildman–Crippen MR) is 141 cm³/mol. The van der Waals surface area contributed by atoms with E-state index in [0.717, 1.165) is 18.5 Å². The molecule has 2 aromatic heterocycles. The zero-order valence-electron chi connectivity index (χ0n) is 21.5. The fraction of sp³-hybridized carbons (Fsp3) is 0.286. The summed E-state index contributed by atoms with van der Waals surface area (Å²) in [7, 11) is 1.66. The van der Waals surface area contributed by atoms with Crippen LogP contribution in [0.25, 0.3) is 0 Å². The molecule has 198 valence electrons. The van der Waals surface area contributed by atoms with E-state index in [1.54, 1.807) is 37.5 Å². The Balaban J connectivity index is 0.000000215. The van der Waals surface area contributed by atoms with Crippen molar-refractivity contribution in [3.63, 3.8) is 0 Å². The monoisotopic (exact) mass is 518 g/mol. The molecule has 1 aliphatic rings. The van der Waals surface area contributed by atoms with Crippen LogP contribution in [0.4, 0.5) is 5.69 Å². The third kappa shape index (κ3) is 8.03. The number of carbonyl (C=O) groups is 2. The predicted octanol–water partition coefficient (Wildman–Crippen LogP) is 2.86. The lowest BCUT2D eigenvalue weighted by atomic mass is 10.0. The smallest absolute Gasteiger partial charge is 0.267 e. The van der Waals surface area contributed by atoms with Crippen LogP contribution in [0.15, 0.2) is 54.9 Å². The lowest BCUT2D eigenvalue weighted by molar-refractivity contribution is -0.140. The molecule has 0 bridgehead atoms. The van der Waals surface area contributed by atoms with Gasteiger partial charge in [-0.05, 0) is 49.7 Å². The third-order valence-electron chi connectivity index (χ3n) is 5.18. The summed E-state index contributed by atoms with van der Waals surface area (Å²) in [6, 6.07) is 12.1. The minimum atomic E-state index is -1.05. The molecule has 0 saturated carbocycles. The van der Waals surface area contributed by atoms with Gasteiger partial charge in [0.05, 0.1) is 31.7 Å². The van der Waals surface area contributed by atoms with Gasteiger partial charge in [-0.15, -0.1) is 0 Å². The van der Waals surface area contributed by atoms with Crippen LogP contribution in [0.3, 0.4) is 0 Å². The topological polar surface area (TPSA) is 137 Å². The van der Waals surface area contributed by atoms with Crippen LogP contribution in [0.2, 0.25) is 0 Å². The molecule has 1 fully saturated rings. The number of anilines is 1. The summed E-state index contributed by atoms with van der Waals surface area (Å²) < 4.78 is 16.1. The van der Waals surface area contributed by atoms with Gasteiger partial charge in [-0.3, -0.25) is 19.6 Å². The van der Waals surface area contributed by atoms with Crippen molar-refractivity contribution in [3.8, 4) is 29.1 Å². The largest absolute Gasteiger partial charge is 0.491 e. The van der Waals surface area contributed by atoms with Crippen LogP contribution >= 0.6 is 0 Å². The van der Waals surface area contributed by atoms with Gasteiger partial charge in [0.1, 0.15) is 22.9 Å². The maximum atomic E-state index is 11.0. The zero-order valence-corrected chi connectivity index (χ0v) is 21.5. The van der Waals surface area contributed by atoms with E-state index in [-0.39, 0.29) is 18.9 Å². The Labute approximate surface area is 221 Å². The maximum absolute atomic E-state index is 11.0. The van der Waals surface area contributed by atoms with Crippen molar-refractivity contribution in [1.82, 2.24) is 9.97 Å². The molecule has 0 atom stereocenters. The highest BCUT2D eigenvalue weighted by atomic mass is 16.5. The van der Waals surface area contributed by atoms with Crippen LogP contribution < -0.4 is 20.1 Å². The first-order chi connectivity index (χ1) is 18.2. The van der Waals surface area contributed by atoms with Gasteiger partial charge in [-0.1, -0.05) is 18.8 Å². The Morgan fingerprint density at radius 1 is 1.21 bits per heavy atom. The standard InChI is InChI=1S/C16H19NO4.C12H11N3O2/c1-3-8-21-15-5-4-13(9-14(15)17(2)12-18)6-7-16(19)10-20-11-16;1-8-2-3-10(7-15-8)17-9-4-5-14-11(6-9)12(13)16/h4-5,9,12,19H,3,8,10-11H2,1-2H3;2-7H,1H3,(H2,13,16). The summed E-state index contributed by atoms with van der Waals surface area (Å²) in [5.74, 6) is 6.85. The number of primary amides is 1. The normalized spacial score (nSPS) is 12.9. The fourth-order valence-electron chi connectivity index (χ4n) is 3.08. The van der Waals surface area contributed by atoms with Gasteiger partial charge in [0.2, 0.25) is 6.41 Å². The zero-order chi connectivity index (χ0) is 27.5. The molecule has 3 N–H and O–H groups in total. The molecule has 0 aliphatic carbocycles. The summed E-state index contributed by atoms with van der Waals surface area (Å²) >= 11 is 0. The Morgan fingerprint density at radius 2 is 2.00 bits per heavy atom. The first kappa shape index (κ1) is 28.1. The summed E-state index contributed by atoms with van der Waals surface area (Å²) in [5, 5.41) is 9.88. The van der Waals surface area contributed by atoms with Crippen LogP contribution in [0.1, 0.15) is 35.1 Å².